The SMILES string of the molecule is Cc1cccc(OCCCCCCNC(C)C)c1C. The second kappa shape index (κ2) is 8.98. The van der Waals surface area contributed by atoms with Crippen molar-refractivity contribution in [2.45, 2.75) is 59.4 Å². The first-order valence-electron chi connectivity index (χ1n) is 7.53. The first kappa shape index (κ1) is 16.0. The zero-order valence-electron chi connectivity index (χ0n) is 13.0. The van der Waals surface area contributed by atoms with Gasteiger partial charge in [-0.3, -0.25) is 0 Å². The van der Waals surface area contributed by atoms with Crippen LogP contribution in [-0.2, 0) is 0 Å². The van der Waals surface area contributed by atoms with Crippen LogP contribution in [0.4, 0.5) is 0 Å². The minimum Gasteiger partial charge on any atom is -0.493 e. The van der Waals surface area contributed by atoms with Crippen molar-refractivity contribution in [2.24, 2.45) is 0 Å². The third-order valence-corrected chi connectivity index (χ3v) is 3.44. The minimum absolute atomic E-state index is 0.604. The number of unbranched alkanes of at least 4 members (excludes halogenated alkanes) is 3. The maximum absolute atomic E-state index is 5.85. The number of benzene rings is 1. The first-order chi connectivity index (χ1) is 9.11. The molecule has 2 nitrogen and oxygen atoms in total. The van der Waals surface area contributed by atoms with Gasteiger partial charge < -0.3 is 10.1 Å². The second-order valence-electron chi connectivity index (χ2n) is 5.57. The number of aryl methyl sites for hydroxylation is 1. The van der Waals surface area contributed by atoms with Gasteiger partial charge in [0.1, 0.15) is 5.75 Å². The summed E-state index contributed by atoms with van der Waals surface area (Å²) in [6.07, 6.45) is 4.96. The molecule has 0 aliphatic rings. The van der Waals surface area contributed by atoms with Gasteiger partial charge in [0.2, 0.25) is 0 Å². The smallest absolute Gasteiger partial charge is 0.122 e. The molecule has 1 aromatic carbocycles. The molecule has 1 aromatic rings. The standard InChI is InChI=1S/C17H29NO/c1-14(2)18-12-7-5-6-8-13-19-17-11-9-10-15(3)16(17)4/h9-11,14,18H,5-8,12-13H2,1-4H3. The summed E-state index contributed by atoms with van der Waals surface area (Å²) in [7, 11) is 0. The van der Waals surface area contributed by atoms with E-state index in [4.69, 9.17) is 4.74 Å². The van der Waals surface area contributed by atoms with Crippen LogP contribution in [0.3, 0.4) is 0 Å². The molecule has 0 aromatic heterocycles. The maximum Gasteiger partial charge on any atom is 0.122 e. The Kier molecular flexibility index (Phi) is 7.57. The summed E-state index contributed by atoms with van der Waals surface area (Å²) in [4.78, 5) is 0. The van der Waals surface area contributed by atoms with Gasteiger partial charge in [0.25, 0.3) is 0 Å². The fourth-order valence-electron chi connectivity index (χ4n) is 2.03. The largest absolute Gasteiger partial charge is 0.493 e. The Morgan fingerprint density at radius 2 is 1.79 bits per heavy atom. The molecule has 0 heterocycles. The van der Waals surface area contributed by atoms with Gasteiger partial charge in [0.05, 0.1) is 6.61 Å². The molecule has 0 aliphatic heterocycles. The third-order valence-electron chi connectivity index (χ3n) is 3.44. The predicted octanol–water partition coefficient (Wildman–Crippen LogP) is 4.24. The highest BCUT2D eigenvalue weighted by Gasteiger charge is 2.01. The van der Waals surface area contributed by atoms with E-state index in [-0.39, 0.29) is 0 Å². The van der Waals surface area contributed by atoms with E-state index in [9.17, 15) is 0 Å². The lowest BCUT2D eigenvalue weighted by Crippen LogP contribution is -2.23. The minimum atomic E-state index is 0.604. The molecular weight excluding hydrogens is 234 g/mol. The molecule has 1 rings (SSSR count). The van der Waals surface area contributed by atoms with Crippen LogP contribution in [0.15, 0.2) is 18.2 Å². The molecule has 0 amide bonds. The Morgan fingerprint density at radius 3 is 2.53 bits per heavy atom. The van der Waals surface area contributed by atoms with Crippen LogP contribution >= 0.6 is 0 Å². The van der Waals surface area contributed by atoms with Gasteiger partial charge in [-0.1, -0.05) is 38.8 Å². The lowest BCUT2D eigenvalue weighted by Gasteiger charge is -2.11. The number of ether oxygens (including phenoxy) is 1. The molecule has 108 valence electrons. The van der Waals surface area contributed by atoms with Gasteiger partial charge in [-0.05, 0) is 50.4 Å². The van der Waals surface area contributed by atoms with Gasteiger partial charge in [-0.2, -0.15) is 0 Å². The van der Waals surface area contributed by atoms with Crippen LogP contribution < -0.4 is 10.1 Å². The second-order valence-corrected chi connectivity index (χ2v) is 5.57. The highest BCUT2D eigenvalue weighted by Crippen LogP contribution is 2.20. The number of hydrogen-bond donors (Lipinski definition) is 1. The Balaban J connectivity index is 2.06. The van der Waals surface area contributed by atoms with Crippen LogP contribution in [-0.4, -0.2) is 19.2 Å². The zero-order chi connectivity index (χ0) is 14.1. The zero-order valence-corrected chi connectivity index (χ0v) is 13.0. The van der Waals surface area contributed by atoms with E-state index in [1.165, 1.54) is 30.4 Å². The Morgan fingerprint density at radius 1 is 1.05 bits per heavy atom. The Hall–Kier alpha value is -1.02. The van der Waals surface area contributed by atoms with Gasteiger partial charge in [0.15, 0.2) is 0 Å². The van der Waals surface area contributed by atoms with Gasteiger partial charge >= 0.3 is 0 Å². The number of hydrogen-bond acceptors (Lipinski definition) is 2. The fourth-order valence-corrected chi connectivity index (χ4v) is 2.03. The van der Waals surface area contributed by atoms with E-state index < -0.39 is 0 Å². The molecular formula is C17H29NO. The molecule has 0 radical (unpaired) electrons. The summed E-state index contributed by atoms with van der Waals surface area (Å²) < 4.78 is 5.85. The van der Waals surface area contributed by atoms with Crippen molar-refractivity contribution < 1.29 is 4.74 Å². The summed E-state index contributed by atoms with van der Waals surface area (Å²) in [5.41, 5.74) is 2.57. The van der Waals surface area contributed by atoms with E-state index in [1.807, 2.05) is 0 Å². The molecule has 0 spiro atoms. The van der Waals surface area contributed by atoms with E-state index in [0.29, 0.717) is 6.04 Å². The van der Waals surface area contributed by atoms with Crippen molar-refractivity contribution in [3.8, 4) is 5.75 Å². The van der Waals surface area contributed by atoms with Crippen LogP contribution in [0.1, 0.15) is 50.7 Å². The highest BCUT2D eigenvalue weighted by atomic mass is 16.5. The normalized spacial score (nSPS) is 11.0. The van der Waals surface area contributed by atoms with Crippen molar-refractivity contribution in [1.82, 2.24) is 5.32 Å². The van der Waals surface area contributed by atoms with Gasteiger partial charge in [-0.25, -0.2) is 0 Å². The molecule has 19 heavy (non-hydrogen) atoms. The molecule has 0 atom stereocenters. The molecule has 2 heteroatoms. The van der Waals surface area contributed by atoms with Gasteiger partial charge in [0, 0.05) is 6.04 Å². The van der Waals surface area contributed by atoms with Gasteiger partial charge in [-0.15, -0.1) is 0 Å². The van der Waals surface area contributed by atoms with E-state index in [1.54, 1.807) is 0 Å². The topological polar surface area (TPSA) is 21.3 Å². The van der Waals surface area contributed by atoms with Crippen LogP contribution in [0, 0.1) is 13.8 Å². The summed E-state index contributed by atoms with van der Waals surface area (Å²) in [5.74, 6) is 1.04. The average molecular weight is 263 g/mol. The third kappa shape index (κ3) is 6.63. The lowest BCUT2D eigenvalue weighted by molar-refractivity contribution is 0.302. The van der Waals surface area contributed by atoms with E-state index >= 15 is 0 Å². The van der Waals surface area contributed by atoms with Crippen molar-refractivity contribution in [3.05, 3.63) is 29.3 Å². The number of nitrogens with one attached hydrogen (secondary N) is 1. The number of rotatable bonds is 9. The average Bonchev–Trinajstić information content (AvgIpc) is 2.37. The Bertz CT molecular complexity index is 360. The molecule has 0 saturated carbocycles. The van der Waals surface area contributed by atoms with Crippen molar-refractivity contribution in [2.75, 3.05) is 13.2 Å². The van der Waals surface area contributed by atoms with Crippen LogP contribution in [0.25, 0.3) is 0 Å². The summed E-state index contributed by atoms with van der Waals surface area (Å²) in [6.45, 7) is 10.6. The summed E-state index contributed by atoms with van der Waals surface area (Å²) >= 11 is 0. The van der Waals surface area contributed by atoms with Crippen LogP contribution in [0.2, 0.25) is 0 Å². The summed E-state index contributed by atoms with van der Waals surface area (Å²) in [6, 6.07) is 6.86. The predicted molar refractivity (Wildman–Crippen MR) is 83.0 cm³/mol. The van der Waals surface area contributed by atoms with Crippen LogP contribution in [0.5, 0.6) is 5.75 Å². The van der Waals surface area contributed by atoms with Crippen molar-refractivity contribution >= 4 is 0 Å². The first-order valence-corrected chi connectivity index (χ1v) is 7.53. The molecule has 0 unspecified atom stereocenters. The monoisotopic (exact) mass is 263 g/mol. The van der Waals surface area contributed by atoms with Crippen molar-refractivity contribution in [1.29, 1.82) is 0 Å². The fraction of sp³-hybridized carbons (Fsp3) is 0.647. The summed E-state index contributed by atoms with van der Waals surface area (Å²) in [5, 5.41) is 3.44. The maximum atomic E-state index is 5.85. The Labute approximate surface area is 118 Å². The van der Waals surface area contributed by atoms with Crippen molar-refractivity contribution in [3.63, 3.8) is 0 Å². The van der Waals surface area contributed by atoms with E-state index in [0.717, 1.165) is 25.3 Å². The molecule has 0 aliphatic carbocycles. The molecule has 0 saturated heterocycles. The molecule has 0 bridgehead atoms. The lowest BCUT2D eigenvalue weighted by atomic mass is 10.1. The quantitative estimate of drug-likeness (QED) is 0.673. The molecule has 0 fully saturated rings. The van der Waals surface area contributed by atoms with E-state index in [2.05, 4.69) is 51.2 Å². The highest BCUT2D eigenvalue weighted by molar-refractivity contribution is 5.38. The molecule has 1 N–H and O–H groups in total.